The number of hydrogen-bond donors (Lipinski definition) is 2. The molecule has 3 amide bonds. The highest BCUT2D eigenvalue weighted by Crippen LogP contribution is 2.36. The van der Waals surface area contributed by atoms with Gasteiger partial charge in [-0.25, -0.2) is 4.79 Å². The summed E-state index contributed by atoms with van der Waals surface area (Å²) in [5.41, 5.74) is 9.33. The number of pyridine rings is 1. The summed E-state index contributed by atoms with van der Waals surface area (Å²) in [5.74, 6) is 1.49. The van der Waals surface area contributed by atoms with Crippen LogP contribution in [0.1, 0.15) is 22.8 Å². The molecule has 0 saturated heterocycles. The van der Waals surface area contributed by atoms with E-state index in [0.29, 0.717) is 53.5 Å². The fourth-order valence-corrected chi connectivity index (χ4v) is 4.17. The SMILES string of the molecule is COc1cc2nccc(Oc3ccc4c(c3)CCN4C(=O)NC3=NCC(C)=C3)c2cc1C(N)=O. The largest absolute Gasteiger partial charge is 0.496 e. The molecule has 2 aromatic carbocycles. The predicted molar refractivity (Wildman–Crippen MR) is 129 cm³/mol. The summed E-state index contributed by atoms with van der Waals surface area (Å²) >= 11 is 0. The minimum absolute atomic E-state index is 0.204. The Hall–Kier alpha value is -4.40. The molecule has 0 radical (unpaired) electrons. The Morgan fingerprint density at radius 3 is 2.74 bits per heavy atom. The van der Waals surface area contributed by atoms with Gasteiger partial charge in [-0.2, -0.15) is 0 Å². The Morgan fingerprint density at radius 2 is 2.00 bits per heavy atom. The van der Waals surface area contributed by atoms with Crippen LogP contribution in [0.2, 0.25) is 0 Å². The number of carbonyl (C=O) groups excluding carboxylic acids is 2. The number of benzene rings is 2. The van der Waals surface area contributed by atoms with E-state index in [0.717, 1.165) is 16.8 Å². The lowest BCUT2D eigenvalue weighted by Crippen LogP contribution is -2.41. The quantitative estimate of drug-likeness (QED) is 0.621. The maximum atomic E-state index is 12.8. The second kappa shape index (κ2) is 8.51. The van der Waals surface area contributed by atoms with Gasteiger partial charge in [-0.15, -0.1) is 0 Å². The molecule has 5 rings (SSSR count). The van der Waals surface area contributed by atoms with Crippen LogP contribution < -0.4 is 25.4 Å². The molecule has 0 unspecified atom stereocenters. The molecular weight excluding hydrogens is 434 g/mol. The van der Waals surface area contributed by atoms with Gasteiger partial charge in [-0.05, 0) is 60.9 Å². The second-order valence-electron chi connectivity index (χ2n) is 8.16. The smallest absolute Gasteiger partial charge is 0.327 e. The number of carbonyl (C=O) groups is 2. The van der Waals surface area contributed by atoms with Crippen molar-refractivity contribution in [2.75, 3.05) is 25.1 Å². The van der Waals surface area contributed by atoms with Gasteiger partial charge >= 0.3 is 6.03 Å². The van der Waals surface area contributed by atoms with E-state index in [1.54, 1.807) is 29.3 Å². The molecule has 2 aliphatic heterocycles. The third-order valence-electron chi connectivity index (χ3n) is 5.82. The maximum absolute atomic E-state index is 12.8. The van der Waals surface area contributed by atoms with Crippen molar-refractivity contribution in [2.45, 2.75) is 13.3 Å². The Balaban J connectivity index is 1.40. The first-order valence-corrected chi connectivity index (χ1v) is 10.8. The van der Waals surface area contributed by atoms with Crippen LogP contribution in [0.15, 0.2) is 59.2 Å². The minimum atomic E-state index is -0.598. The molecule has 9 nitrogen and oxygen atoms in total. The first-order valence-electron chi connectivity index (χ1n) is 10.8. The zero-order chi connectivity index (χ0) is 23.8. The zero-order valence-corrected chi connectivity index (χ0v) is 18.8. The van der Waals surface area contributed by atoms with Crippen molar-refractivity contribution < 1.29 is 19.1 Å². The molecule has 9 heteroatoms. The van der Waals surface area contributed by atoms with Crippen LogP contribution in [0.4, 0.5) is 10.5 Å². The number of aliphatic imine (C=N–C) groups is 1. The second-order valence-corrected chi connectivity index (χ2v) is 8.16. The van der Waals surface area contributed by atoms with Crippen molar-refractivity contribution in [2.24, 2.45) is 10.7 Å². The molecule has 1 aromatic heterocycles. The van der Waals surface area contributed by atoms with E-state index in [2.05, 4.69) is 15.3 Å². The molecule has 3 heterocycles. The number of fused-ring (bicyclic) bond motifs is 2. The minimum Gasteiger partial charge on any atom is -0.496 e. The van der Waals surface area contributed by atoms with Crippen molar-refractivity contribution in [1.29, 1.82) is 0 Å². The highest BCUT2D eigenvalue weighted by molar-refractivity contribution is 6.10. The van der Waals surface area contributed by atoms with Crippen LogP contribution in [0.5, 0.6) is 17.2 Å². The number of anilines is 1. The molecule has 0 bridgehead atoms. The van der Waals surface area contributed by atoms with E-state index in [1.807, 2.05) is 31.2 Å². The topological polar surface area (TPSA) is 119 Å². The normalized spacial score (nSPS) is 14.5. The van der Waals surface area contributed by atoms with Gasteiger partial charge in [-0.3, -0.25) is 25.0 Å². The zero-order valence-electron chi connectivity index (χ0n) is 18.8. The number of amidine groups is 1. The highest BCUT2D eigenvalue weighted by Gasteiger charge is 2.26. The number of hydrogen-bond acceptors (Lipinski definition) is 6. The Labute approximate surface area is 195 Å². The van der Waals surface area contributed by atoms with Crippen molar-refractivity contribution >= 4 is 34.4 Å². The van der Waals surface area contributed by atoms with Gasteiger partial charge in [0.25, 0.3) is 5.91 Å². The van der Waals surface area contributed by atoms with Crippen molar-refractivity contribution in [3.8, 4) is 17.2 Å². The average Bonchev–Trinajstić information content (AvgIpc) is 3.43. The number of rotatable bonds is 4. The van der Waals surface area contributed by atoms with Crippen LogP contribution in [0, 0.1) is 0 Å². The van der Waals surface area contributed by atoms with Gasteiger partial charge in [0.1, 0.15) is 23.1 Å². The number of primary amides is 1. The summed E-state index contributed by atoms with van der Waals surface area (Å²) in [6, 6.07) is 10.4. The maximum Gasteiger partial charge on any atom is 0.327 e. The van der Waals surface area contributed by atoms with Gasteiger partial charge in [0.2, 0.25) is 0 Å². The summed E-state index contributed by atoms with van der Waals surface area (Å²) in [6.07, 6.45) is 4.22. The van der Waals surface area contributed by atoms with E-state index in [1.165, 1.54) is 7.11 Å². The van der Waals surface area contributed by atoms with Crippen molar-refractivity contribution in [1.82, 2.24) is 10.3 Å². The third-order valence-corrected chi connectivity index (χ3v) is 5.82. The summed E-state index contributed by atoms with van der Waals surface area (Å²) in [4.78, 5) is 35.0. The van der Waals surface area contributed by atoms with E-state index in [9.17, 15) is 9.59 Å². The van der Waals surface area contributed by atoms with Crippen molar-refractivity contribution in [3.05, 3.63) is 65.4 Å². The number of urea groups is 1. The summed E-state index contributed by atoms with van der Waals surface area (Å²) < 4.78 is 11.4. The number of nitrogens with zero attached hydrogens (tertiary/aromatic N) is 3. The standard InChI is InChI=1S/C25H23N5O4/c1-14-9-23(28-13-14)29-25(32)30-8-6-15-10-16(3-4-20(15)30)34-21-5-7-27-19-12-22(33-2)18(24(26)31)11-17(19)21/h3-5,7,9-12H,6,8,13H2,1-2H3,(H2,26,31)(H,28,29,32). The lowest BCUT2D eigenvalue weighted by Gasteiger charge is -2.18. The van der Waals surface area contributed by atoms with E-state index < -0.39 is 5.91 Å². The predicted octanol–water partition coefficient (Wildman–Crippen LogP) is 3.57. The van der Waals surface area contributed by atoms with Gasteiger partial charge in [0.05, 0.1) is 24.7 Å². The van der Waals surface area contributed by atoms with Crippen LogP contribution in [0.3, 0.4) is 0 Å². The molecular formula is C25H23N5O4. The molecule has 2 aliphatic rings. The Morgan fingerprint density at radius 1 is 1.15 bits per heavy atom. The number of nitrogens with one attached hydrogen (secondary N) is 1. The first-order chi connectivity index (χ1) is 16.4. The van der Waals surface area contributed by atoms with Gasteiger partial charge in [0, 0.05) is 29.9 Å². The molecule has 172 valence electrons. The monoisotopic (exact) mass is 457 g/mol. The number of amides is 3. The molecule has 3 aromatic rings. The Kier molecular flexibility index (Phi) is 5.37. The molecule has 3 N–H and O–H groups in total. The van der Waals surface area contributed by atoms with Gasteiger partial charge < -0.3 is 15.2 Å². The van der Waals surface area contributed by atoms with Crippen LogP contribution >= 0.6 is 0 Å². The lowest BCUT2D eigenvalue weighted by atomic mass is 10.1. The average molecular weight is 457 g/mol. The molecule has 0 fully saturated rings. The molecule has 0 saturated carbocycles. The lowest BCUT2D eigenvalue weighted by molar-refractivity contribution is 0.0997. The summed E-state index contributed by atoms with van der Waals surface area (Å²) in [7, 11) is 1.47. The first kappa shape index (κ1) is 21.4. The van der Waals surface area contributed by atoms with Gasteiger partial charge in [0.15, 0.2) is 0 Å². The third kappa shape index (κ3) is 3.92. The summed E-state index contributed by atoms with van der Waals surface area (Å²) in [5, 5.41) is 3.50. The molecule has 0 aliphatic carbocycles. The Bertz CT molecular complexity index is 1400. The fraction of sp³-hybridized carbons (Fsp3) is 0.200. The number of aromatic nitrogens is 1. The van der Waals surface area contributed by atoms with Crippen LogP contribution in [-0.4, -0.2) is 43.0 Å². The highest BCUT2D eigenvalue weighted by atomic mass is 16.5. The van der Waals surface area contributed by atoms with Gasteiger partial charge in [-0.1, -0.05) is 0 Å². The van der Waals surface area contributed by atoms with E-state index in [-0.39, 0.29) is 11.6 Å². The van der Waals surface area contributed by atoms with Crippen LogP contribution in [-0.2, 0) is 6.42 Å². The fourth-order valence-electron chi connectivity index (χ4n) is 4.17. The van der Waals surface area contributed by atoms with E-state index in [4.69, 9.17) is 15.2 Å². The number of methoxy groups -OCH3 is 1. The molecule has 0 spiro atoms. The van der Waals surface area contributed by atoms with E-state index >= 15 is 0 Å². The summed E-state index contributed by atoms with van der Waals surface area (Å²) in [6.45, 7) is 3.16. The number of nitrogens with two attached hydrogens (primary N) is 1. The number of ether oxygens (including phenoxy) is 2. The van der Waals surface area contributed by atoms with Crippen molar-refractivity contribution in [3.63, 3.8) is 0 Å². The molecule has 0 atom stereocenters. The van der Waals surface area contributed by atoms with Crippen LogP contribution in [0.25, 0.3) is 10.9 Å². The molecule has 34 heavy (non-hydrogen) atoms.